The Kier molecular flexibility index (Phi) is 5.66. The lowest BCUT2D eigenvalue weighted by Gasteiger charge is -2.43. The van der Waals surface area contributed by atoms with Crippen molar-refractivity contribution in [2.45, 2.75) is 45.6 Å². The fraction of sp³-hybridized carbons (Fsp3) is 0.345. The Morgan fingerprint density at radius 2 is 1.82 bits per heavy atom. The fourth-order valence-corrected chi connectivity index (χ4v) is 5.98. The summed E-state index contributed by atoms with van der Waals surface area (Å²) in [6.07, 6.45) is 6.41. The molecule has 1 aliphatic carbocycles. The van der Waals surface area contributed by atoms with Gasteiger partial charge in [-0.05, 0) is 62.8 Å². The van der Waals surface area contributed by atoms with Gasteiger partial charge in [-0.25, -0.2) is 4.79 Å². The van der Waals surface area contributed by atoms with Crippen LogP contribution in [0.1, 0.15) is 76.1 Å². The van der Waals surface area contributed by atoms with Gasteiger partial charge in [-0.2, -0.15) is 5.10 Å². The number of piperidine rings is 1. The number of nitrogens with one attached hydrogen (secondary N) is 1. The molecule has 2 N–H and O–H groups in total. The molecule has 0 atom stereocenters. The molecule has 3 aromatic heterocycles. The number of pyridine rings is 1. The standard InChI is InChI=1S/C29H29N5O4/c1-17(2)34-26-21(16-31-34)14-29(15-23(26)35)8-11-33(12-9-29)27(36)22-13-20-7-10-30-24(25(20)32-22)18-3-5-19(6-4-18)28(37)38/h3-7,10,13,16-17,32H,8-9,11-12,14-15H2,1-2H3,(H,37,38). The molecule has 1 amide bonds. The Hall–Kier alpha value is -4.27. The van der Waals surface area contributed by atoms with Crippen molar-refractivity contribution in [3.05, 3.63) is 71.3 Å². The first-order chi connectivity index (χ1) is 18.2. The number of likely N-dealkylation sites (tertiary alicyclic amines) is 1. The Balaban J connectivity index is 1.20. The van der Waals surface area contributed by atoms with Crippen molar-refractivity contribution in [1.29, 1.82) is 0 Å². The van der Waals surface area contributed by atoms with Gasteiger partial charge in [0.25, 0.3) is 5.91 Å². The highest BCUT2D eigenvalue weighted by Gasteiger charge is 2.43. The molecule has 4 heterocycles. The van der Waals surface area contributed by atoms with Gasteiger partial charge in [-0.3, -0.25) is 19.3 Å². The maximum absolute atomic E-state index is 13.5. The molecule has 9 heteroatoms. The van der Waals surface area contributed by atoms with Crippen molar-refractivity contribution in [2.75, 3.05) is 13.1 Å². The molecule has 38 heavy (non-hydrogen) atoms. The van der Waals surface area contributed by atoms with Crippen LogP contribution in [0.15, 0.2) is 48.8 Å². The van der Waals surface area contributed by atoms with Crippen LogP contribution in [0.5, 0.6) is 0 Å². The van der Waals surface area contributed by atoms with E-state index in [1.165, 1.54) is 0 Å². The van der Waals surface area contributed by atoms with Gasteiger partial charge in [0.2, 0.25) is 0 Å². The summed E-state index contributed by atoms with van der Waals surface area (Å²) in [5.41, 5.74) is 4.53. The predicted octanol–water partition coefficient (Wildman–Crippen LogP) is 4.76. The predicted molar refractivity (Wildman–Crippen MR) is 141 cm³/mol. The summed E-state index contributed by atoms with van der Waals surface area (Å²) in [7, 11) is 0. The summed E-state index contributed by atoms with van der Waals surface area (Å²) >= 11 is 0. The van der Waals surface area contributed by atoms with E-state index in [4.69, 9.17) is 0 Å². The first-order valence-corrected chi connectivity index (χ1v) is 12.9. The third kappa shape index (κ3) is 3.98. The van der Waals surface area contributed by atoms with Crippen LogP contribution in [-0.2, 0) is 6.42 Å². The van der Waals surface area contributed by atoms with Gasteiger partial charge in [0.15, 0.2) is 5.78 Å². The summed E-state index contributed by atoms with van der Waals surface area (Å²) in [5.74, 6) is -0.898. The molecule has 194 valence electrons. The monoisotopic (exact) mass is 511 g/mol. The van der Waals surface area contributed by atoms with Crippen molar-refractivity contribution in [3.8, 4) is 11.3 Å². The molecule has 2 aliphatic rings. The minimum Gasteiger partial charge on any atom is -0.478 e. The highest BCUT2D eigenvalue weighted by atomic mass is 16.4. The number of Topliss-reactive ketones (excluding diaryl/α,β-unsaturated/α-hetero) is 1. The van der Waals surface area contributed by atoms with Gasteiger partial charge >= 0.3 is 5.97 Å². The topological polar surface area (TPSA) is 121 Å². The number of hydrogen-bond donors (Lipinski definition) is 2. The SMILES string of the molecule is CC(C)n1ncc2c1C(=O)CC1(CCN(C(=O)c3cc4ccnc(-c5ccc(C(=O)O)cc5)c4[nH]3)CC1)C2. The average molecular weight is 512 g/mol. The van der Waals surface area contributed by atoms with Gasteiger partial charge < -0.3 is 15.0 Å². The third-order valence-electron chi connectivity index (χ3n) is 8.02. The molecule has 1 fully saturated rings. The van der Waals surface area contributed by atoms with Gasteiger partial charge in [0.1, 0.15) is 11.4 Å². The normalized spacial score (nSPS) is 16.8. The number of carbonyl (C=O) groups is 3. The van der Waals surface area contributed by atoms with E-state index < -0.39 is 5.97 Å². The molecular weight excluding hydrogens is 482 g/mol. The number of ketones is 1. The fourth-order valence-electron chi connectivity index (χ4n) is 5.98. The molecule has 4 aromatic rings. The molecule has 1 aromatic carbocycles. The lowest BCUT2D eigenvalue weighted by Crippen LogP contribution is -2.46. The second-order valence-corrected chi connectivity index (χ2v) is 10.8. The molecule has 0 unspecified atom stereocenters. The second kappa shape index (κ2) is 8.93. The zero-order chi connectivity index (χ0) is 26.6. The molecule has 9 nitrogen and oxygen atoms in total. The minimum atomic E-state index is -0.984. The number of rotatable bonds is 4. The molecular formula is C29H29N5O4. The van der Waals surface area contributed by atoms with Crippen LogP contribution >= 0.6 is 0 Å². The first-order valence-electron chi connectivity index (χ1n) is 12.9. The van der Waals surface area contributed by atoms with E-state index in [1.807, 2.05) is 41.8 Å². The quantitative estimate of drug-likeness (QED) is 0.408. The lowest BCUT2D eigenvalue weighted by molar-refractivity contribution is 0.0513. The van der Waals surface area contributed by atoms with Crippen molar-refractivity contribution in [3.63, 3.8) is 0 Å². The number of aromatic carboxylic acids is 1. The van der Waals surface area contributed by atoms with E-state index in [9.17, 15) is 19.5 Å². The Bertz CT molecular complexity index is 1570. The molecule has 1 aliphatic heterocycles. The summed E-state index contributed by atoms with van der Waals surface area (Å²) in [6, 6.07) is 10.4. The van der Waals surface area contributed by atoms with Crippen molar-refractivity contribution < 1.29 is 19.5 Å². The maximum atomic E-state index is 13.5. The molecule has 6 rings (SSSR count). The number of aromatic nitrogens is 4. The third-order valence-corrected chi connectivity index (χ3v) is 8.02. The van der Waals surface area contributed by atoms with Crippen LogP contribution < -0.4 is 0 Å². The number of carboxylic acid groups (broad SMARTS) is 1. The number of nitrogens with zero attached hydrogens (tertiary/aromatic N) is 4. The number of aromatic amines is 1. The summed E-state index contributed by atoms with van der Waals surface area (Å²) in [5, 5.41) is 14.5. The van der Waals surface area contributed by atoms with Gasteiger partial charge in [-0.15, -0.1) is 0 Å². The first kappa shape index (κ1) is 24.1. The van der Waals surface area contributed by atoms with Gasteiger partial charge in [-0.1, -0.05) is 12.1 Å². The highest BCUT2D eigenvalue weighted by molar-refractivity contribution is 6.02. The largest absolute Gasteiger partial charge is 0.478 e. The number of amides is 1. The number of hydrogen-bond acceptors (Lipinski definition) is 5. The zero-order valence-electron chi connectivity index (χ0n) is 21.4. The minimum absolute atomic E-state index is 0.0707. The number of carboxylic acids is 1. The summed E-state index contributed by atoms with van der Waals surface area (Å²) in [6.45, 7) is 5.26. The van der Waals surface area contributed by atoms with E-state index >= 15 is 0 Å². The molecule has 1 saturated heterocycles. The summed E-state index contributed by atoms with van der Waals surface area (Å²) < 4.78 is 1.84. The van der Waals surface area contributed by atoms with Crippen LogP contribution in [-0.4, -0.2) is 60.5 Å². The highest BCUT2D eigenvalue weighted by Crippen LogP contribution is 2.44. The lowest BCUT2D eigenvalue weighted by atomic mass is 9.67. The number of H-pyrrole nitrogens is 1. The van der Waals surface area contributed by atoms with Crippen molar-refractivity contribution in [2.24, 2.45) is 5.41 Å². The van der Waals surface area contributed by atoms with Gasteiger partial charge in [0, 0.05) is 48.3 Å². The molecule has 0 saturated carbocycles. The van der Waals surface area contributed by atoms with E-state index in [2.05, 4.69) is 15.1 Å². The van der Waals surface area contributed by atoms with E-state index in [1.54, 1.807) is 30.5 Å². The smallest absolute Gasteiger partial charge is 0.335 e. The molecule has 0 radical (unpaired) electrons. The molecule has 1 spiro atoms. The average Bonchev–Trinajstić information content (AvgIpc) is 3.53. The van der Waals surface area contributed by atoms with Crippen molar-refractivity contribution in [1.82, 2.24) is 24.6 Å². The van der Waals surface area contributed by atoms with Crippen LogP contribution in [0.25, 0.3) is 22.2 Å². The molecule has 0 bridgehead atoms. The Labute approximate surface area is 219 Å². The van der Waals surface area contributed by atoms with Crippen LogP contribution in [0.4, 0.5) is 0 Å². The second-order valence-electron chi connectivity index (χ2n) is 10.8. The Morgan fingerprint density at radius 1 is 1.08 bits per heavy atom. The van der Waals surface area contributed by atoms with Crippen LogP contribution in [0, 0.1) is 5.41 Å². The Morgan fingerprint density at radius 3 is 2.50 bits per heavy atom. The van der Waals surface area contributed by atoms with E-state index in [-0.39, 0.29) is 28.7 Å². The van der Waals surface area contributed by atoms with E-state index in [0.717, 1.165) is 47.0 Å². The van der Waals surface area contributed by atoms with Gasteiger partial charge in [0.05, 0.1) is 23.0 Å². The summed E-state index contributed by atoms with van der Waals surface area (Å²) in [4.78, 5) is 47.4. The van der Waals surface area contributed by atoms with E-state index in [0.29, 0.717) is 30.9 Å². The van der Waals surface area contributed by atoms with Crippen LogP contribution in [0.3, 0.4) is 0 Å². The van der Waals surface area contributed by atoms with Crippen molar-refractivity contribution >= 4 is 28.6 Å². The van der Waals surface area contributed by atoms with Crippen LogP contribution in [0.2, 0.25) is 0 Å². The number of benzene rings is 1. The number of carbonyl (C=O) groups excluding carboxylic acids is 2. The maximum Gasteiger partial charge on any atom is 0.335 e. The number of fused-ring (bicyclic) bond motifs is 2. The zero-order valence-corrected chi connectivity index (χ0v) is 21.4.